The number of rotatable bonds is 5. The molecule has 0 bridgehead atoms. The van der Waals surface area contributed by atoms with Gasteiger partial charge in [0.2, 0.25) is 5.89 Å². The summed E-state index contributed by atoms with van der Waals surface area (Å²) in [7, 11) is 0. The fourth-order valence-corrected chi connectivity index (χ4v) is 5.48. The molecular weight excluding hydrogens is 427 g/mol. The van der Waals surface area contributed by atoms with Crippen LogP contribution in [0, 0.1) is 5.82 Å². The molecule has 0 amide bonds. The summed E-state index contributed by atoms with van der Waals surface area (Å²) in [4.78, 5) is 10.7. The van der Waals surface area contributed by atoms with E-state index >= 15 is 0 Å². The van der Waals surface area contributed by atoms with Crippen molar-refractivity contribution in [2.45, 2.75) is 17.2 Å². The van der Waals surface area contributed by atoms with E-state index in [9.17, 15) is 4.39 Å². The number of hydrogen-bond donors (Lipinski definition) is 0. The monoisotopic (exact) mass is 440 g/mol. The minimum Gasteiger partial charge on any atom is -0.419 e. The zero-order valence-corrected chi connectivity index (χ0v) is 17.5. The van der Waals surface area contributed by atoms with Crippen molar-refractivity contribution in [3.63, 3.8) is 0 Å². The SMILES string of the molecule is C[C@H](Sc1ncnc2scc(-c3ccc(F)cc3)c12)c1nnc(-c2cccs2)o1. The number of hydrogen-bond acceptors (Lipinski definition) is 8. The maximum Gasteiger partial charge on any atom is 0.257 e. The zero-order valence-electron chi connectivity index (χ0n) is 15.1. The second kappa shape index (κ2) is 7.66. The highest BCUT2D eigenvalue weighted by atomic mass is 32.2. The number of nitrogens with zero attached hydrogens (tertiary/aromatic N) is 4. The average Bonchev–Trinajstić information content (AvgIpc) is 3.48. The predicted octanol–water partition coefficient (Wildman–Crippen LogP) is 6.46. The third kappa shape index (κ3) is 3.57. The number of thioether (sulfide) groups is 1. The molecule has 0 unspecified atom stereocenters. The molecule has 0 N–H and O–H groups in total. The van der Waals surface area contributed by atoms with Crippen LogP contribution in [0.5, 0.6) is 0 Å². The summed E-state index contributed by atoms with van der Waals surface area (Å²) in [6, 6.07) is 10.4. The Morgan fingerprint density at radius 3 is 2.72 bits per heavy atom. The van der Waals surface area contributed by atoms with Gasteiger partial charge in [0.05, 0.1) is 15.5 Å². The van der Waals surface area contributed by atoms with E-state index in [0.29, 0.717) is 11.8 Å². The molecule has 1 aromatic carbocycles. The number of thiophene rings is 2. The van der Waals surface area contributed by atoms with Gasteiger partial charge in [0, 0.05) is 10.9 Å². The van der Waals surface area contributed by atoms with Gasteiger partial charge in [-0.3, -0.25) is 0 Å². The molecule has 29 heavy (non-hydrogen) atoms. The molecule has 0 radical (unpaired) electrons. The smallest absolute Gasteiger partial charge is 0.257 e. The topological polar surface area (TPSA) is 64.7 Å². The standard InChI is InChI=1S/C20H13FN4OS3/c1-11(17-24-25-18(26-17)15-3-2-8-27-15)29-20-16-14(9-28-19(16)22-10-23-20)12-4-6-13(21)7-5-12/h2-11H,1H3/t11-/m0/s1. The van der Waals surface area contributed by atoms with E-state index in [1.165, 1.54) is 12.1 Å². The number of fused-ring (bicyclic) bond motifs is 1. The highest BCUT2D eigenvalue weighted by Crippen LogP contribution is 2.42. The summed E-state index contributed by atoms with van der Waals surface area (Å²) in [6.45, 7) is 2.01. The third-order valence-electron chi connectivity index (χ3n) is 4.30. The fraction of sp³-hybridized carbons (Fsp3) is 0.100. The van der Waals surface area contributed by atoms with Gasteiger partial charge in [0.15, 0.2) is 0 Å². The maximum atomic E-state index is 13.3. The van der Waals surface area contributed by atoms with Crippen molar-refractivity contribution >= 4 is 44.7 Å². The van der Waals surface area contributed by atoms with E-state index in [2.05, 4.69) is 20.2 Å². The van der Waals surface area contributed by atoms with Crippen LogP contribution in [0.3, 0.4) is 0 Å². The van der Waals surface area contributed by atoms with Gasteiger partial charge in [-0.25, -0.2) is 14.4 Å². The minimum atomic E-state index is -0.259. The second-order valence-corrected chi connectivity index (χ2v) is 9.33. The lowest BCUT2D eigenvalue weighted by molar-refractivity contribution is 0.510. The lowest BCUT2D eigenvalue weighted by Crippen LogP contribution is -1.92. The fourth-order valence-electron chi connectivity index (χ4n) is 2.90. The molecule has 5 aromatic rings. The number of aromatic nitrogens is 4. The van der Waals surface area contributed by atoms with Gasteiger partial charge in [0.25, 0.3) is 5.89 Å². The molecule has 144 valence electrons. The van der Waals surface area contributed by atoms with Crippen molar-refractivity contribution in [3.8, 4) is 21.9 Å². The van der Waals surface area contributed by atoms with Crippen LogP contribution in [0.1, 0.15) is 18.1 Å². The molecule has 5 rings (SSSR count). The van der Waals surface area contributed by atoms with E-state index in [-0.39, 0.29) is 11.1 Å². The number of benzene rings is 1. The molecule has 9 heteroatoms. The van der Waals surface area contributed by atoms with Crippen LogP contribution in [0.4, 0.5) is 4.39 Å². The highest BCUT2D eigenvalue weighted by Gasteiger charge is 2.21. The van der Waals surface area contributed by atoms with Crippen LogP contribution >= 0.6 is 34.4 Å². The Hall–Kier alpha value is -2.62. The van der Waals surface area contributed by atoms with Gasteiger partial charge in [-0.15, -0.1) is 32.9 Å². The van der Waals surface area contributed by atoms with Crippen molar-refractivity contribution in [2.24, 2.45) is 0 Å². The molecule has 0 aliphatic rings. The Labute approximate surface area is 177 Å². The van der Waals surface area contributed by atoms with Crippen LogP contribution in [0.15, 0.2) is 62.9 Å². The van der Waals surface area contributed by atoms with Gasteiger partial charge in [-0.1, -0.05) is 30.0 Å². The first kappa shape index (κ1) is 18.4. The quantitative estimate of drug-likeness (QED) is 0.231. The molecule has 0 aliphatic heterocycles. The van der Waals surface area contributed by atoms with Gasteiger partial charge < -0.3 is 4.42 Å². The molecule has 0 aliphatic carbocycles. The van der Waals surface area contributed by atoms with Crippen molar-refractivity contribution < 1.29 is 8.81 Å². The molecule has 4 heterocycles. The molecule has 1 atom stereocenters. The Morgan fingerprint density at radius 2 is 1.93 bits per heavy atom. The van der Waals surface area contributed by atoms with Gasteiger partial charge in [0.1, 0.15) is 22.0 Å². The van der Waals surface area contributed by atoms with Crippen molar-refractivity contribution in [3.05, 3.63) is 65.2 Å². The molecule has 4 aromatic heterocycles. The summed E-state index contributed by atoms with van der Waals surface area (Å²) < 4.78 is 19.2. The van der Waals surface area contributed by atoms with Crippen LogP contribution in [0.25, 0.3) is 32.1 Å². The number of halogens is 1. The molecule has 5 nitrogen and oxygen atoms in total. The Kier molecular flexibility index (Phi) is 4.86. The van der Waals surface area contributed by atoms with E-state index in [1.807, 2.05) is 29.8 Å². The van der Waals surface area contributed by atoms with Crippen LogP contribution in [0.2, 0.25) is 0 Å². The molecule has 0 saturated heterocycles. The van der Waals surface area contributed by atoms with Crippen LogP contribution in [-0.2, 0) is 0 Å². The lowest BCUT2D eigenvalue weighted by atomic mass is 10.1. The minimum absolute atomic E-state index is 0.0877. The van der Waals surface area contributed by atoms with Crippen molar-refractivity contribution in [1.82, 2.24) is 20.2 Å². The summed E-state index contributed by atoms with van der Waals surface area (Å²) in [5.41, 5.74) is 1.92. The van der Waals surface area contributed by atoms with E-state index < -0.39 is 0 Å². The van der Waals surface area contributed by atoms with Gasteiger partial charge >= 0.3 is 0 Å². The highest BCUT2D eigenvalue weighted by molar-refractivity contribution is 7.99. The average molecular weight is 441 g/mol. The lowest BCUT2D eigenvalue weighted by Gasteiger charge is -2.08. The van der Waals surface area contributed by atoms with Crippen molar-refractivity contribution in [2.75, 3.05) is 0 Å². The Balaban J connectivity index is 1.49. The third-order valence-corrected chi connectivity index (χ3v) is 7.13. The largest absolute Gasteiger partial charge is 0.419 e. The van der Waals surface area contributed by atoms with Crippen LogP contribution < -0.4 is 0 Å². The first-order valence-electron chi connectivity index (χ1n) is 8.71. The van der Waals surface area contributed by atoms with Crippen molar-refractivity contribution in [1.29, 1.82) is 0 Å². The molecular formula is C20H13FN4OS3. The van der Waals surface area contributed by atoms with Gasteiger partial charge in [-0.05, 0) is 36.1 Å². The predicted molar refractivity (Wildman–Crippen MR) is 115 cm³/mol. The normalized spacial score (nSPS) is 12.5. The van der Waals surface area contributed by atoms with E-state index in [4.69, 9.17) is 4.42 Å². The van der Waals surface area contributed by atoms with E-state index in [0.717, 1.165) is 31.2 Å². The first-order chi connectivity index (χ1) is 14.2. The Morgan fingerprint density at radius 1 is 1.07 bits per heavy atom. The van der Waals surface area contributed by atoms with E-state index in [1.54, 1.807) is 52.9 Å². The summed E-state index contributed by atoms with van der Waals surface area (Å²) in [5.74, 6) is 0.812. The molecule has 0 spiro atoms. The Bertz CT molecular complexity index is 1260. The summed E-state index contributed by atoms with van der Waals surface area (Å²) >= 11 is 4.65. The zero-order chi connectivity index (χ0) is 19.8. The summed E-state index contributed by atoms with van der Waals surface area (Å²) in [6.07, 6.45) is 1.56. The van der Waals surface area contributed by atoms with Gasteiger partial charge in [-0.2, -0.15) is 0 Å². The molecule has 0 fully saturated rings. The molecule has 0 saturated carbocycles. The second-order valence-electron chi connectivity index (χ2n) is 6.20. The maximum absolute atomic E-state index is 13.3. The summed E-state index contributed by atoms with van der Waals surface area (Å²) in [5, 5.41) is 14.1. The van der Waals surface area contributed by atoms with Crippen LogP contribution in [-0.4, -0.2) is 20.2 Å². The first-order valence-corrected chi connectivity index (χ1v) is 11.3.